The smallest absolute Gasteiger partial charge is 0.251 e. The fourth-order valence-electron chi connectivity index (χ4n) is 5.32. The molecule has 3 saturated heterocycles. The molecule has 10 nitrogen and oxygen atoms in total. The maximum atomic E-state index is 13.5. The molecule has 2 N–H and O–H groups in total. The summed E-state index contributed by atoms with van der Waals surface area (Å²) in [5.74, 6) is -0.821. The number of carbonyl (C=O) groups is 3. The molecule has 4 atom stereocenters. The zero-order chi connectivity index (χ0) is 27.0. The molecule has 1 aromatic heterocycles. The zero-order valence-electron chi connectivity index (χ0n) is 22.0. The van der Waals surface area contributed by atoms with Crippen molar-refractivity contribution in [1.29, 1.82) is 0 Å². The predicted octanol–water partition coefficient (Wildman–Crippen LogP) is 1.25. The number of aliphatic hydroxyl groups excluding tert-OH is 1. The van der Waals surface area contributed by atoms with Gasteiger partial charge < -0.3 is 29.9 Å². The van der Waals surface area contributed by atoms with Crippen LogP contribution in [0.15, 0.2) is 29.6 Å². The highest BCUT2D eigenvalue weighted by atomic mass is 32.1. The molecular weight excluding hydrogens is 506 g/mol. The molecule has 4 heterocycles. The van der Waals surface area contributed by atoms with Gasteiger partial charge in [0.15, 0.2) is 10.9 Å². The minimum absolute atomic E-state index is 0.0167. The highest BCUT2D eigenvalue weighted by molar-refractivity contribution is 7.14. The number of β-amino-alcohol motifs (C(OH)–C–C–N with tert-alkyl or cyclic N) is 1. The Labute approximate surface area is 226 Å². The average molecular weight is 542 g/mol. The number of fused-ring (bicyclic) bond motifs is 1. The van der Waals surface area contributed by atoms with E-state index in [2.05, 4.69) is 22.2 Å². The number of ether oxygens (including phenoxy) is 1. The largest absolute Gasteiger partial charge is 0.388 e. The summed E-state index contributed by atoms with van der Waals surface area (Å²) in [6.07, 6.45) is -1.20. The van der Waals surface area contributed by atoms with Gasteiger partial charge in [-0.3, -0.25) is 14.4 Å². The number of nitrogens with one attached hydrogen (secondary N) is 1. The molecule has 2 aromatic rings. The third-order valence-electron chi connectivity index (χ3n) is 7.46. The molecular formula is C27H35N5O5S. The van der Waals surface area contributed by atoms with Crippen LogP contribution in [0.5, 0.6) is 0 Å². The Bertz CT molecular complexity index is 1180. The standard InChI is InChI=1S/C27H35N5O5S/c1-16(2)12-19(26(36)32-13-21(33)24-23(32)22(34)14-37-24)28-25(35)18-6-4-17(5-7-18)20-15-38-27(29-20)31-10-8-30(3)9-11-31/h4-7,15-16,19,21,23-24,33H,8-14H2,1-3H3,(H,28,35)/t19?,21-,23+,24+/m0/s1. The molecule has 204 valence electrons. The van der Waals surface area contributed by atoms with Crippen LogP contribution in [0.25, 0.3) is 11.3 Å². The van der Waals surface area contributed by atoms with Crippen LogP contribution in [0.4, 0.5) is 5.13 Å². The van der Waals surface area contributed by atoms with E-state index in [9.17, 15) is 19.5 Å². The molecule has 3 fully saturated rings. The monoisotopic (exact) mass is 541 g/mol. The minimum Gasteiger partial charge on any atom is -0.388 e. The Kier molecular flexibility index (Phi) is 7.80. The van der Waals surface area contributed by atoms with Gasteiger partial charge in [0.1, 0.15) is 30.9 Å². The highest BCUT2D eigenvalue weighted by Crippen LogP contribution is 2.30. The van der Waals surface area contributed by atoms with E-state index in [0.717, 1.165) is 42.6 Å². The van der Waals surface area contributed by atoms with Gasteiger partial charge in [0.05, 0.1) is 12.2 Å². The van der Waals surface area contributed by atoms with Crippen molar-refractivity contribution in [3.8, 4) is 11.3 Å². The lowest BCUT2D eigenvalue weighted by molar-refractivity contribution is -0.138. The number of aromatic nitrogens is 1. The number of amides is 2. The van der Waals surface area contributed by atoms with E-state index in [4.69, 9.17) is 9.72 Å². The molecule has 0 spiro atoms. The summed E-state index contributed by atoms with van der Waals surface area (Å²) in [5, 5.41) is 16.2. The molecule has 0 bridgehead atoms. The lowest BCUT2D eigenvalue weighted by Gasteiger charge is -2.32. The summed E-state index contributed by atoms with van der Waals surface area (Å²) in [4.78, 5) is 49.7. The van der Waals surface area contributed by atoms with Crippen molar-refractivity contribution < 1.29 is 24.2 Å². The van der Waals surface area contributed by atoms with Gasteiger partial charge in [0, 0.05) is 42.7 Å². The Hall–Kier alpha value is -2.86. The van der Waals surface area contributed by atoms with E-state index >= 15 is 0 Å². The zero-order valence-corrected chi connectivity index (χ0v) is 22.8. The van der Waals surface area contributed by atoms with Gasteiger partial charge >= 0.3 is 0 Å². The van der Waals surface area contributed by atoms with E-state index < -0.39 is 24.3 Å². The number of rotatable bonds is 7. The van der Waals surface area contributed by atoms with E-state index in [1.807, 2.05) is 31.4 Å². The second-order valence-corrected chi connectivity index (χ2v) is 11.6. The second kappa shape index (κ2) is 11.1. The number of thiazole rings is 1. The SMILES string of the molecule is CC(C)CC(NC(=O)c1ccc(-c2csc(N3CCN(C)CC3)n2)cc1)C(=O)N1C[C@H](O)[C@H]2OCC(=O)[C@H]21. The number of benzene rings is 1. The van der Waals surface area contributed by atoms with Crippen LogP contribution in [0, 0.1) is 5.92 Å². The summed E-state index contributed by atoms with van der Waals surface area (Å²) in [6.45, 7) is 7.79. The first-order valence-corrected chi connectivity index (χ1v) is 14.0. The molecule has 11 heteroatoms. The molecule has 2 amide bonds. The number of hydrogen-bond acceptors (Lipinski definition) is 9. The number of nitrogens with zero attached hydrogens (tertiary/aromatic N) is 4. The first kappa shape index (κ1) is 26.7. The van der Waals surface area contributed by atoms with Gasteiger partial charge in [0.25, 0.3) is 5.91 Å². The Balaban J connectivity index is 1.26. The van der Waals surface area contributed by atoms with Gasteiger partial charge in [0.2, 0.25) is 5.91 Å². The maximum Gasteiger partial charge on any atom is 0.251 e. The first-order valence-electron chi connectivity index (χ1n) is 13.1. The summed E-state index contributed by atoms with van der Waals surface area (Å²) in [7, 11) is 2.13. The number of Topliss-reactive ketones (excluding diaryl/α,β-unsaturated/α-hetero) is 1. The lowest BCUT2D eigenvalue weighted by atomic mass is 10.0. The second-order valence-electron chi connectivity index (χ2n) is 10.8. The normalized spacial score (nSPS) is 24.7. The average Bonchev–Trinajstić information content (AvgIpc) is 3.62. The first-order chi connectivity index (χ1) is 18.2. The van der Waals surface area contributed by atoms with E-state index in [1.54, 1.807) is 23.5 Å². The molecule has 38 heavy (non-hydrogen) atoms. The van der Waals surface area contributed by atoms with Crippen molar-refractivity contribution in [3.05, 3.63) is 35.2 Å². The molecule has 0 aliphatic carbocycles. The molecule has 1 aromatic carbocycles. The molecule has 1 unspecified atom stereocenters. The number of anilines is 1. The Morgan fingerprint density at radius 3 is 2.58 bits per heavy atom. The van der Waals surface area contributed by atoms with Gasteiger partial charge in [-0.1, -0.05) is 26.0 Å². The van der Waals surface area contributed by atoms with Crippen molar-refractivity contribution in [2.45, 2.75) is 44.6 Å². The van der Waals surface area contributed by atoms with Gasteiger partial charge in [-0.15, -0.1) is 11.3 Å². The van der Waals surface area contributed by atoms with Crippen molar-refractivity contribution in [1.82, 2.24) is 20.1 Å². The van der Waals surface area contributed by atoms with Gasteiger partial charge in [-0.25, -0.2) is 4.98 Å². The van der Waals surface area contributed by atoms with Gasteiger partial charge in [-0.2, -0.15) is 0 Å². The summed E-state index contributed by atoms with van der Waals surface area (Å²) in [6, 6.07) is 5.60. The summed E-state index contributed by atoms with van der Waals surface area (Å²) in [5.41, 5.74) is 2.23. The molecule has 5 rings (SSSR count). The molecule has 3 aliphatic rings. The molecule has 3 aliphatic heterocycles. The van der Waals surface area contributed by atoms with E-state index in [-0.39, 0.29) is 36.7 Å². The van der Waals surface area contributed by atoms with Crippen LogP contribution in [-0.2, 0) is 14.3 Å². The fraction of sp³-hybridized carbons (Fsp3) is 0.556. The maximum absolute atomic E-state index is 13.5. The quantitative estimate of drug-likeness (QED) is 0.538. The Morgan fingerprint density at radius 2 is 1.89 bits per heavy atom. The van der Waals surface area contributed by atoms with Crippen molar-refractivity contribution >= 4 is 34.1 Å². The van der Waals surface area contributed by atoms with Crippen LogP contribution in [-0.4, -0.2) is 108 Å². The number of carbonyl (C=O) groups excluding carboxylic acids is 3. The number of ketones is 1. The number of hydrogen-bond donors (Lipinski definition) is 2. The number of likely N-dealkylation sites (N-methyl/N-ethyl adjacent to an activating group) is 1. The van der Waals surface area contributed by atoms with E-state index in [0.29, 0.717) is 12.0 Å². The van der Waals surface area contributed by atoms with Crippen LogP contribution in [0.3, 0.4) is 0 Å². The third kappa shape index (κ3) is 5.47. The number of likely N-dealkylation sites (tertiary alicyclic amines) is 1. The topological polar surface area (TPSA) is 115 Å². The Morgan fingerprint density at radius 1 is 1.18 bits per heavy atom. The summed E-state index contributed by atoms with van der Waals surface area (Å²) < 4.78 is 5.39. The highest BCUT2D eigenvalue weighted by Gasteiger charge is 2.52. The predicted molar refractivity (Wildman–Crippen MR) is 144 cm³/mol. The van der Waals surface area contributed by atoms with Crippen LogP contribution >= 0.6 is 11.3 Å². The number of aliphatic hydroxyl groups is 1. The third-order valence-corrected chi connectivity index (χ3v) is 8.36. The number of piperazine rings is 1. The van der Waals surface area contributed by atoms with Crippen LogP contribution in [0.1, 0.15) is 30.6 Å². The van der Waals surface area contributed by atoms with Crippen LogP contribution < -0.4 is 10.2 Å². The van der Waals surface area contributed by atoms with Crippen molar-refractivity contribution in [3.63, 3.8) is 0 Å². The molecule has 0 saturated carbocycles. The lowest BCUT2D eigenvalue weighted by Crippen LogP contribution is -2.52. The fourth-order valence-corrected chi connectivity index (χ4v) is 6.21. The van der Waals surface area contributed by atoms with Crippen molar-refractivity contribution in [2.24, 2.45) is 5.92 Å². The summed E-state index contributed by atoms with van der Waals surface area (Å²) >= 11 is 1.62. The van der Waals surface area contributed by atoms with Crippen molar-refractivity contribution in [2.75, 3.05) is 51.3 Å². The van der Waals surface area contributed by atoms with E-state index in [1.165, 1.54) is 4.90 Å². The van der Waals surface area contributed by atoms with Crippen LogP contribution in [0.2, 0.25) is 0 Å². The minimum atomic E-state index is -0.916. The van der Waals surface area contributed by atoms with Gasteiger partial charge in [-0.05, 0) is 31.5 Å². The molecule has 0 radical (unpaired) electrons.